The summed E-state index contributed by atoms with van der Waals surface area (Å²) in [5.74, 6) is 0.365. The van der Waals surface area contributed by atoms with Crippen LogP contribution in [0.4, 0.5) is 0 Å². The highest BCUT2D eigenvalue weighted by Crippen LogP contribution is 2.16. The average Bonchev–Trinajstić information content (AvgIpc) is 2.63. The lowest BCUT2D eigenvalue weighted by atomic mass is 9.90. The zero-order chi connectivity index (χ0) is 13.1. The first-order valence-corrected chi connectivity index (χ1v) is 5.87. The maximum atomic E-state index is 12.0. The van der Waals surface area contributed by atoms with Crippen LogP contribution in [0, 0.1) is 5.92 Å². The first-order valence-electron chi connectivity index (χ1n) is 5.87. The van der Waals surface area contributed by atoms with Crippen LogP contribution in [0.1, 0.15) is 37.6 Å². The Morgan fingerprint density at radius 3 is 2.71 bits per heavy atom. The van der Waals surface area contributed by atoms with Gasteiger partial charge in [0, 0.05) is 25.3 Å². The first-order chi connectivity index (χ1) is 7.86. The van der Waals surface area contributed by atoms with Gasteiger partial charge in [0.05, 0.1) is 11.8 Å². The third-order valence-electron chi connectivity index (χ3n) is 2.69. The van der Waals surface area contributed by atoms with E-state index in [1.54, 1.807) is 24.1 Å². The van der Waals surface area contributed by atoms with Gasteiger partial charge < -0.3 is 11.1 Å². The van der Waals surface area contributed by atoms with E-state index in [2.05, 4.69) is 24.3 Å². The molecule has 0 radical (unpaired) electrons. The predicted molar refractivity (Wildman–Crippen MR) is 67.6 cm³/mol. The summed E-state index contributed by atoms with van der Waals surface area (Å²) in [6.07, 6.45) is 4.11. The SMILES string of the molecule is CC(C)CC(C)(CN)NC(=O)c1cnn(C)c1. The number of nitrogens with zero attached hydrogens (tertiary/aromatic N) is 2. The second-order valence-corrected chi connectivity index (χ2v) is 5.22. The molecule has 1 unspecified atom stereocenters. The largest absolute Gasteiger partial charge is 0.346 e. The fraction of sp³-hybridized carbons (Fsp3) is 0.667. The number of aromatic nitrogens is 2. The van der Waals surface area contributed by atoms with Crippen LogP contribution in [0.2, 0.25) is 0 Å². The van der Waals surface area contributed by atoms with Crippen molar-refractivity contribution in [2.45, 2.75) is 32.7 Å². The maximum absolute atomic E-state index is 12.0. The third-order valence-corrected chi connectivity index (χ3v) is 2.69. The quantitative estimate of drug-likeness (QED) is 0.801. The number of aryl methyl sites for hydroxylation is 1. The number of rotatable bonds is 5. The van der Waals surface area contributed by atoms with Crippen LogP contribution < -0.4 is 11.1 Å². The minimum absolute atomic E-state index is 0.119. The summed E-state index contributed by atoms with van der Waals surface area (Å²) in [5.41, 5.74) is 5.96. The standard InChI is InChI=1S/C12H22N4O/c1-9(2)5-12(3,8-13)15-11(17)10-6-14-16(4)7-10/h6-7,9H,5,8,13H2,1-4H3,(H,15,17). The molecule has 1 atom stereocenters. The lowest BCUT2D eigenvalue weighted by Gasteiger charge is -2.31. The molecule has 0 saturated carbocycles. The Morgan fingerprint density at radius 1 is 1.65 bits per heavy atom. The van der Waals surface area contributed by atoms with Gasteiger partial charge in [0.2, 0.25) is 0 Å². The molecule has 5 nitrogen and oxygen atoms in total. The number of hydrogen-bond donors (Lipinski definition) is 2. The highest BCUT2D eigenvalue weighted by atomic mass is 16.1. The number of carbonyl (C=O) groups excluding carboxylic acids is 1. The molecular weight excluding hydrogens is 216 g/mol. The van der Waals surface area contributed by atoms with E-state index in [1.807, 2.05) is 6.92 Å². The molecule has 0 aliphatic carbocycles. The number of hydrogen-bond acceptors (Lipinski definition) is 3. The first kappa shape index (κ1) is 13.7. The second kappa shape index (κ2) is 5.31. The van der Waals surface area contributed by atoms with Gasteiger partial charge in [0.1, 0.15) is 0 Å². The molecular formula is C12H22N4O. The van der Waals surface area contributed by atoms with Crippen LogP contribution in [-0.2, 0) is 7.05 Å². The Morgan fingerprint density at radius 2 is 2.29 bits per heavy atom. The van der Waals surface area contributed by atoms with Gasteiger partial charge in [-0.25, -0.2) is 0 Å². The molecule has 0 fully saturated rings. The molecule has 0 aromatic carbocycles. The summed E-state index contributed by atoms with van der Waals surface area (Å²) in [6.45, 7) is 6.63. The van der Waals surface area contributed by atoms with Gasteiger partial charge in [-0.3, -0.25) is 9.48 Å². The summed E-state index contributed by atoms with van der Waals surface area (Å²) in [5, 5.41) is 6.97. The molecule has 0 saturated heterocycles. The molecule has 0 bridgehead atoms. The minimum atomic E-state index is -0.360. The topological polar surface area (TPSA) is 72.9 Å². The van der Waals surface area contributed by atoms with E-state index >= 15 is 0 Å². The van der Waals surface area contributed by atoms with Crippen LogP contribution in [0.15, 0.2) is 12.4 Å². The van der Waals surface area contributed by atoms with Crippen LogP contribution in [0.5, 0.6) is 0 Å². The molecule has 1 rings (SSSR count). The van der Waals surface area contributed by atoms with Gasteiger partial charge in [-0.05, 0) is 19.3 Å². The van der Waals surface area contributed by atoms with Crippen molar-refractivity contribution in [1.82, 2.24) is 15.1 Å². The Balaban J connectivity index is 2.71. The Labute approximate surface area is 102 Å². The molecule has 1 aromatic heterocycles. The van der Waals surface area contributed by atoms with Crippen LogP contribution in [0.3, 0.4) is 0 Å². The monoisotopic (exact) mass is 238 g/mol. The summed E-state index contributed by atoms with van der Waals surface area (Å²) in [7, 11) is 1.78. The zero-order valence-electron chi connectivity index (χ0n) is 11.0. The molecule has 1 aromatic rings. The molecule has 1 heterocycles. The average molecular weight is 238 g/mol. The maximum Gasteiger partial charge on any atom is 0.254 e. The number of nitrogens with one attached hydrogen (secondary N) is 1. The van der Waals surface area contributed by atoms with E-state index in [1.165, 1.54) is 0 Å². The lowest BCUT2D eigenvalue weighted by Crippen LogP contribution is -2.52. The minimum Gasteiger partial charge on any atom is -0.346 e. The third kappa shape index (κ3) is 3.85. The Hall–Kier alpha value is -1.36. The molecule has 0 aliphatic rings. The Bertz CT molecular complexity index is 386. The van der Waals surface area contributed by atoms with Crippen molar-refractivity contribution in [2.24, 2.45) is 18.7 Å². The van der Waals surface area contributed by atoms with Crippen molar-refractivity contribution in [3.63, 3.8) is 0 Å². The van der Waals surface area contributed by atoms with Crippen molar-refractivity contribution in [3.8, 4) is 0 Å². The van der Waals surface area contributed by atoms with Crippen molar-refractivity contribution in [2.75, 3.05) is 6.54 Å². The van der Waals surface area contributed by atoms with Gasteiger partial charge in [0.25, 0.3) is 5.91 Å². The van der Waals surface area contributed by atoms with E-state index in [0.29, 0.717) is 18.0 Å². The van der Waals surface area contributed by atoms with Crippen molar-refractivity contribution in [3.05, 3.63) is 18.0 Å². The second-order valence-electron chi connectivity index (χ2n) is 5.22. The van der Waals surface area contributed by atoms with Crippen LogP contribution >= 0.6 is 0 Å². The summed E-state index contributed by atoms with van der Waals surface area (Å²) < 4.78 is 1.61. The highest BCUT2D eigenvalue weighted by molar-refractivity contribution is 5.94. The smallest absolute Gasteiger partial charge is 0.254 e. The van der Waals surface area contributed by atoms with E-state index in [-0.39, 0.29) is 11.4 Å². The summed E-state index contributed by atoms with van der Waals surface area (Å²) in [6, 6.07) is 0. The molecule has 3 N–H and O–H groups in total. The van der Waals surface area contributed by atoms with Gasteiger partial charge in [-0.15, -0.1) is 0 Å². The number of nitrogens with two attached hydrogens (primary N) is 1. The van der Waals surface area contributed by atoms with Crippen molar-refractivity contribution in [1.29, 1.82) is 0 Å². The normalized spacial score (nSPS) is 14.7. The Kier molecular flexibility index (Phi) is 4.28. The van der Waals surface area contributed by atoms with Crippen LogP contribution in [0.25, 0.3) is 0 Å². The van der Waals surface area contributed by atoms with Crippen LogP contribution in [-0.4, -0.2) is 27.8 Å². The molecule has 0 spiro atoms. The zero-order valence-corrected chi connectivity index (χ0v) is 11.0. The van der Waals surface area contributed by atoms with Gasteiger partial charge in [0.15, 0.2) is 0 Å². The molecule has 96 valence electrons. The highest BCUT2D eigenvalue weighted by Gasteiger charge is 2.26. The van der Waals surface area contributed by atoms with Gasteiger partial charge in [-0.2, -0.15) is 5.10 Å². The van der Waals surface area contributed by atoms with E-state index in [4.69, 9.17) is 5.73 Å². The van der Waals surface area contributed by atoms with E-state index in [9.17, 15) is 4.79 Å². The number of amides is 1. The molecule has 17 heavy (non-hydrogen) atoms. The van der Waals surface area contributed by atoms with E-state index in [0.717, 1.165) is 6.42 Å². The summed E-state index contributed by atoms with van der Waals surface area (Å²) >= 11 is 0. The fourth-order valence-electron chi connectivity index (χ4n) is 1.97. The van der Waals surface area contributed by atoms with Crippen molar-refractivity contribution < 1.29 is 4.79 Å². The van der Waals surface area contributed by atoms with Crippen molar-refractivity contribution >= 4 is 5.91 Å². The molecule has 0 aliphatic heterocycles. The van der Waals surface area contributed by atoms with Gasteiger partial charge in [-0.1, -0.05) is 13.8 Å². The molecule has 1 amide bonds. The molecule has 5 heteroatoms. The van der Waals surface area contributed by atoms with Gasteiger partial charge >= 0.3 is 0 Å². The fourth-order valence-corrected chi connectivity index (χ4v) is 1.97. The predicted octanol–water partition coefficient (Wildman–Crippen LogP) is 0.913. The van der Waals surface area contributed by atoms with E-state index < -0.39 is 0 Å². The lowest BCUT2D eigenvalue weighted by molar-refractivity contribution is 0.0898. The number of carbonyl (C=O) groups is 1. The summed E-state index contributed by atoms with van der Waals surface area (Å²) in [4.78, 5) is 12.0.